The number of aromatic nitrogens is 2. The normalized spacial score (nSPS) is 10.5. The summed E-state index contributed by atoms with van der Waals surface area (Å²) in [5, 5.41) is 2.55. The van der Waals surface area contributed by atoms with Gasteiger partial charge in [-0.2, -0.15) is 0 Å². The van der Waals surface area contributed by atoms with Gasteiger partial charge in [-0.25, -0.2) is 4.98 Å². The molecule has 7 heteroatoms. The Bertz CT molecular complexity index is 856. The Morgan fingerprint density at radius 2 is 2.08 bits per heavy atom. The zero-order valence-electron chi connectivity index (χ0n) is 12.9. The molecule has 122 valence electrons. The first-order valence-electron chi connectivity index (χ1n) is 7.23. The third-order valence-corrected chi connectivity index (χ3v) is 5.10. The molecule has 0 N–H and O–H groups in total. The number of nitrogens with zero attached hydrogens (tertiary/aromatic N) is 2. The van der Waals surface area contributed by atoms with Gasteiger partial charge in [0.2, 0.25) is 5.78 Å². The Morgan fingerprint density at radius 1 is 1.21 bits per heavy atom. The molecule has 0 aliphatic carbocycles. The van der Waals surface area contributed by atoms with Crippen LogP contribution in [0.25, 0.3) is 10.7 Å². The number of aryl methyl sites for hydroxylation is 1. The molecule has 3 rings (SSSR count). The number of thiophene rings is 1. The first kappa shape index (κ1) is 16.5. The van der Waals surface area contributed by atoms with E-state index in [0.29, 0.717) is 10.6 Å². The van der Waals surface area contributed by atoms with Gasteiger partial charge >= 0.3 is 5.97 Å². The molecule has 24 heavy (non-hydrogen) atoms. The predicted octanol–water partition coefficient (Wildman–Crippen LogP) is 3.54. The first-order valence-corrected chi connectivity index (χ1v) is 8.92. The lowest BCUT2D eigenvalue weighted by Crippen LogP contribution is -2.15. The monoisotopic (exact) mass is 358 g/mol. The molecule has 5 nitrogen and oxygen atoms in total. The van der Waals surface area contributed by atoms with Crippen molar-refractivity contribution in [1.82, 2.24) is 9.97 Å². The van der Waals surface area contributed by atoms with E-state index < -0.39 is 5.97 Å². The molecular weight excluding hydrogens is 344 g/mol. The number of esters is 1. The van der Waals surface area contributed by atoms with Crippen molar-refractivity contribution in [2.45, 2.75) is 13.3 Å². The van der Waals surface area contributed by atoms with Crippen LogP contribution in [-0.4, -0.2) is 28.3 Å². The molecule has 0 aliphatic rings. The van der Waals surface area contributed by atoms with Crippen LogP contribution in [0.1, 0.15) is 20.2 Å². The lowest BCUT2D eigenvalue weighted by molar-refractivity contribution is -0.141. The molecule has 0 bridgehead atoms. The maximum absolute atomic E-state index is 11.9. The molecule has 0 amide bonds. The number of thiazole rings is 1. The average Bonchev–Trinajstić information content (AvgIpc) is 3.23. The Hall–Kier alpha value is -2.38. The van der Waals surface area contributed by atoms with Crippen molar-refractivity contribution in [3.8, 4) is 10.7 Å². The summed E-state index contributed by atoms with van der Waals surface area (Å²) in [5.74, 6) is -0.650. The van der Waals surface area contributed by atoms with Gasteiger partial charge in [0.05, 0.1) is 22.7 Å². The highest BCUT2D eigenvalue weighted by Gasteiger charge is 2.14. The molecule has 0 saturated heterocycles. The highest BCUT2D eigenvalue weighted by atomic mass is 32.1. The van der Waals surface area contributed by atoms with E-state index in [4.69, 9.17) is 4.74 Å². The molecule has 0 aromatic carbocycles. The smallest absolute Gasteiger partial charge is 0.312 e. The Balaban J connectivity index is 1.54. The number of Topliss-reactive ketones (excluding diaryl/α,β-unsaturated/α-hetero) is 1. The van der Waals surface area contributed by atoms with Gasteiger partial charge in [-0.15, -0.1) is 22.7 Å². The summed E-state index contributed by atoms with van der Waals surface area (Å²) in [7, 11) is 0. The fourth-order valence-corrected chi connectivity index (χ4v) is 3.58. The molecule has 0 spiro atoms. The molecule has 0 unspecified atom stereocenters. The van der Waals surface area contributed by atoms with E-state index in [1.807, 2.05) is 31.2 Å². The summed E-state index contributed by atoms with van der Waals surface area (Å²) in [4.78, 5) is 34.1. The second-order valence-corrected chi connectivity index (χ2v) is 7.18. The van der Waals surface area contributed by atoms with Crippen LogP contribution in [0.3, 0.4) is 0 Å². The van der Waals surface area contributed by atoms with Crippen molar-refractivity contribution in [1.29, 1.82) is 0 Å². The lowest BCUT2D eigenvalue weighted by Gasteiger charge is -2.01. The highest BCUT2D eigenvalue weighted by molar-refractivity contribution is 7.14. The van der Waals surface area contributed by atoms with Crippen LogP contribution in [0, 0.1) is 6.92 Å². The molecule has 0 atom stereocenters. The number of ether oxygens (including phenoxy) is 1. The van der Waals surface area contributed by atoms with Gasteiger partial charge in [0.15, 0.2) is 6.61 Å². The van der Waals surface area contributed by atoms with E-state index in [1.165, 1.54) is 22.7 Å². The van der Waals surface area contributed by atoms with Crippen molar-refractivity contribution in [2.24, 2.45) is 0 Å². The second kappa shape index (κ2) is 7.46. The summed E-state index contributed by atoms with van der Waals surface area (Å²) in [6.45, 7) is 1.69. The van der Waals surface area contributed by atoms with E-state index in [0.717, 1.165) is 15.6 Å². The number of hydrogen-bond donors (Lipinski definition) is 0. The van der Waals surface area contributed by atoms with Crippen LogP contribution in [0.15, 0.2) is 41.9 Å². The molecule has 3 aromatic rings. The number of hydrogen-bond acceptors (Lipinski definition) is 7. The maximum Gasteiger partial charge on any atom is 0.312 e. The SMILES string of the molecule is Cc1ccc(C(=O)COC(=O)Cc2csc(-c3ccccn3)n2)s1. The molecular formula is C17H14N2O3S2. The number of rotatable bonds is 6. The third kappa shape index (κ3) is 4.12. The zero-order chi connectivity index (χ0) is 16.9. The quantitative estimate of drug-likeness (QED) is 0.498. The van der Waals surface area contributed by atoms with E-state index in [9.17, 15) is 9.59 Å². The van der Waals surface area contributed by atoms with Crippen molar-refractivity contribution in [2.75, 3.05) is 6.61 Å². The summed E-state index contributed by atoms with van der Waals surface area (Å²) >= 11 is 2.82. The van der Waals surface area contributed by atoms with E-state index in [1.54, 1.807) is 17.6 Å². The minimum Gasteiger partial charge on any atom is -0.457 e. The van der Waals surface area contributed by atoms with Crippen LogP contribution in [0.2, 0.25) is 0 Å². The minimum atomic E-state index is -0.463. The summed E-state index contributed by atoms with van der Waals surface area (Å²) in [5.41, 5.74) is 1.38. The molecule has 0 radical (unpaired) electrons. The van der Waals surface area contributed by atoms with Crippen molar-refractivity contribution < 1.29 is 14.3 Å². The van der Waals surface area contributed by atoms with Crippen LogP contribution >= 0.6 is 22.7 Å². The zero-order valence-corrected chi connectivity index (χ0v) is 14.5. The maximum atomic E-state index is 11.9. The Labute approximate surface area is 147 Å². The van der Waals surface area contributed by atoms with Gasteiger partial charge in [0, 0.05) is 16.5 Å². The van der Waals surface area contributed by atoms with Crippen LogP contribution in [-0.2, 0) is 16.0 Å². The van der Waals surface area contributed by atoms with Gasteiger partial charge in [-0.1, -0.05) is 6.07 Å². The first-order chi connectivity index (χ1) is 11.6. The van der Waals surface area contributed by atoms with Crippen LogP contribution < -0.4 is 0 Å². The fourth-order valence-electron chi connectivity index (χ4n) is 2.00. The number of carbonyl (C=O) groups excluding carboxylic acids is 2. The Kier molecular flexibility index (Phi) is 5.12. The third-order valence-electron chi connectivity index (χ3n) is 3.14. The number of pyridine rings is 1. The molecule has 3 aromatic heterocycles. The number of carbonyl (C=O) groups is 2. The topological polar surface area (TPSA) is 69.2 Å². The highest BCUT2D eigenvalue weighted by Crippen LogP contribution is 2.21. The number of ketones is 1. The summed E-state index contributed by atoms with van der Waals surface area (Å²) in [6, 6.07) is 9.20. The minimum absolute atomic E-state index is 0.0417. The summed E-state index contributed by atoms with van der Waals surface area (Å²) in [6.07, 6.45) is 1.74. The standard InChI is InChI=1S/C17H14N2O3S2/c1-11-5-6-15(24-11)14(20)9-22-16(21)8-12-10-23-17(19-12)13-4-2-3-7-18-13/h2-7,10H,8-9H2,1H3. The average molecular weight is 358 g/mol. The molecule has 0 fully saturated rings. The van der Waals surface area contributed by atoms with Crippen LogP contribution in [0.5, 0.6) is 0 Å². The summed E-state index contributed by atoms with van der Waals surface area (Å²) < 4.78 is 5.05. The lowest BCUT2D eigenvalue weighted by atomic mass is 10.3. The molecule has 3 heterocycles. The van der Waals surface area contributed by atoms with E-state index in [2.05, 4.69) is 9.97 Å². The van der Waals surface area contributed by atoms with E-state index in [-0.39, 0.29) is 18.8 Å². The van der Waals surface area contributed by atoms with Crippen molar-refractivity contribution >= 4 is 34.4 Å². The molecule has 0 saturated carbocycles. The van der Waals surface area contributed by atoms with Gasteiger partial charge in [-0.05, 0) is 31.2 Å². The van der Waals surface area contributed by atoms with Gasteiger partial charge in [-0.3, -0.25) is 14.6 Å². The largest absolute Gasteiger partial charge is 0.457 e. The van der Waals surface area contributed by atoms with Crippen molar-refractivity contribution in [3.05, 3.63) is 57.4 Å². The van der Waals surface area contributed by atoms with Crippen LogP contribution in [0.4, 0.5) is 0 Å². The van der Waals surface area contributed by atoms with E-state index >= 15 is 0 Å². The Morgan fingerprint density at radius 3 is 2.79 bits per heavy atom. The fraction of sp³-hybridized carbons (Fsp3) is 0.176. The molecule has 0 aliphatic heterocycles. The second-order valence-electron chi connectivity index (χ2n) is 5.03. The predicted molar refractivity (Wildman–Crippen MR) is 93.4 cm³/mol. The van der Waals surface area contributed by atoms with Crippen molar-refractivity contribution in [3.63, 3.8) is 0 Å². The van der Waals surface area contributed by atoms with Gasteiger partial charge in [0.25, 0.3) is 0 Å². The van der Waals surface area contributed by atoms with Gasteiger partial charge in [0.1, 0.15) is 5.01 Å². The van der Waals surface area contributed by atoms with Gasteiger partial charge < -0.3 is 4.74 Å².